The van der Waals surface area contributed by atoms with E-state index in [-0.39, 0.29) is 6.03 Å². The Hall–Kier alpha value is -2.10. The van der Waals surface area contributed by atoms with Crippen LogP contribution in [-0.2, 0) is 0 Å². The summed E-state index contributed by atoms with van der Waals surface area (Å²) >= 11 is 0. The zero-order chi connectivity index (χ0) is 14.1. The summed E-state index contributed by atoms with van der Waals surface area (Å²) in [5.41, 5.74) is 2.95. The molecular formula is C15H21N3O. The molecule has 1 rings (SSSR count). The van der Waals surface area contributed by atoms with Gasteiger partial charge in [-0.2, -0.15) is 0 Å². The molecule has 0 unspecified atom stereocenters. The van der Waals surface area contributed by atoms with Gasteiger partial charge in [0.15, 0.2) is 0 Å². The maximum absolute atomic E-state index is 11.7. The summed E-state index contributed by atoms with van der Waals surface area (Å²) < 4.78 is 0. The Morgan fingerprint density at radius 3 is 2.58 bits per heavy atom. The Labute approximate surface area is 114 Å². The maximum Gasteiger partial charge on any atom is 0.319 e. The zero-order valence-corrected chi connectivity index (χ0v) is 11.7. The first kappa shape index (κ1) is 15.0. The summed E-state index contributed by atoms with van der Waals surface area (Å²) in [6.45, 7) is 4.54. The second-order valence-corrected chi connectivity index (χ2v) is 4.25. The molecule has 102 valence electrons. The van der Waals surface area contributed by atoms with Gasteiger partial charge in [0, 0.05) is 25.5 Å². The molecule has 0 aromatic heterocycles. The van der Waals surface area contributed by atoms with Gasteiger partial charge < -0.3 is 10.6 Å². The average molecular weight is 259 g/mol. The van der Waals surface area contributed by atoms with E-state index in [2.05, 4.69) is 22.5 Å². The van der Waals surface area contributed by atoms with Crippen LogP contribution in [0.4, 0.5) is 10.5 Å². The van der Waals surface area contributed by atoms with Crippen LogP contribution in [0.15, 0.2) is 40.9 Å². The van der Waals surface area contributed by atoms with Gasteiger partial charge in [0.05, 0.1) is 0 Å². The molecule has 0 aliphatic carbocycles. The number of carbonyl (C=O) groups excluding carboxylic acids is 1. The van der Waals surface area contributed by atoms with Crippen molar-refractivity contribution in [3.05, 3.63) is 41.5 Å². The van der Waals surface area contributed by atoms with Crippen LogP contribution in [0.25, 0.3) is 0 Å². The second-order valence-electron chi connectivity index (χ2n) is 4.25. The highest BCUT2D eigenvalue weighted by Crippen LogP contribution is 2.08. The molecule has 0 saturated carbocycles. The molecule has 0 spiro atoms. The van der Waals surface area contributed by atoms with Gasteiger partial charge >= 0.3 is 6.03 Å². The number of benzene rings is 1. The first-order chi connectivity index (χ1) is 9.15. The standard InChI is InChI=1S/C15H21N3O/c1-4-5-13(10-16-3)11-17-15(19)18-14-8-6-12(2)7-9-14/h5-10H,4,11H2,1-3H3,(H2,17,18,19)/b13-5+,16-10?. The number of anilines is 1. The lowest BCUT2D eigenvalue weighted by atomic mass is 10.2. The van der Waals surface area contributed by atoms with E-state index in [1.54, 1.807) is 13.3 Å². The summed E-state index contributed by atoms with van der Waals surface area (Å²) in [4.78, 5) is 15.7. The minimum Gasteiger partial charge on any atom is -0.334 e. The Morgan fingerprint density at radius 1 is 1.32 bits per heavy atom. The summed E-state index contributed by atoms with van der Waals surface area (Å²) in [5.74, 6) is 0. The third-order valence-electron chi connectivity index (χ3n) is 2.52. The molecule has 2 amide bonds. The van der Waals surface area contributed by atoms with Gasteiger partial charge in [0.25, 0.3) is 0 Å². The molecule has 1 aromatic carbocycles. The van der Waals surface area contributed by atoms with Crippen LogP contribution >= 0.6 is 0 Å². The van der Waals surface area contributed by atoms with Crippen LogP contribution in [0.2, 0.25) is 0 Å². The number of urea groups is 1. The Bertz CT molecular complexity index is 461. The molecule has 0 bridgehead atoms. The molecule has 0 fully saturated rings. The molecule has 4 nitrogen and oxygen atoms in total. The largest absolute Gasteiger partial charge is 0.334 e. The fourth-order valence-electron chi connectivity index (χ4n) is 1.59. The number of rotatable bonds is 5. The highest BCUT2D eigenvalue weighted by atomic mass is 16.2. The lowest BCUT2D eigenvalue weighted by Crippen LogP contribution is -2.30. The quantitative estimate of drug-likeness (QED) is 0.784. The summed E-state index contributed by atoms with van der Waals surface area (Å²) in [6, 6.07) is 7.47. The summed E-state index contributed by atoms with van der Waals surface area (Å²) in [5, 5.41) is 5.59. The lowest BCUT2D eigenvalue weighted by Gasteiger charge is -2.08. The Morgan fingerprint density at radius 2 is 2.00 bits per heavy atom. The van der Waals surface area contributed by atoms with Gasteiger partial charge in [0.2, 0.25) is 0 Å². The highest BCUT2D eigenvalue weighted by molar-refractivity contribution is 5.90. The van der Waals surface area contributed by atoms with E-state index in [0.717, 1.165) is 17.7 Å². The number of aliphatic imine (C=N–C) groups is 1. The van der Waals surface area contributed by atoms with Crippen molar-refractivity contribution in [2.24, 2.45) is 4.99 Å². The van der Waals surface area contributed by atoms with E-state index in [9.17, 15) is 4.79 Å². The van der Waals surface area contributed by atoms with Gasteiger partial charge in [-0.15, -0.1) is 0 Å². The second kappa shape index (κ2) is 8.08. The third-order valence-corrected chi connectivity index (χ3v) is 2.52. The van der Waals surface area contributed by atoms with Gasteiger partial charge in [0.1, 0.15) is 0 Å². The number of nitrogens with one attached hydrogen (secondary N) is 2. The Balaban J connectivity index is 2.47. The predicted octanol–water partition coefficient (Wildman–Crippen LogP) is 3.15. The number of aryl methyl sites for hydroxylation is 1. The van der Waals surface area contributed by atoms with Gasteiger partial charge in [-0.3, -0.25) is 4.99 Å². The van der Waals surface area contributed by atoms with E-state index in [1.165, 1.54) is 5.56 Å². The van der Waals surface area contributed by atoms with Crippen molar-refractivity contribution in [3.8, 4) is 0 Å². The minimum atomic E-state index is -0.213. The Kier molecular flexibility index (Phi) is 6.36. The van der Waals surface area contributed by atoms with Crippen molar-refractivity contribution in [2.75, 3.05) is 18.9 Å². The van der Waals surface area contributed by atoms with Crippen molar-refractivity contribution >= 4 is 17.9 Å². The number of nitrogens with zero attached hydrogens (tertiary/aromatic N) is 1. The van der Waals surface area contributed by atoms with E-state index >= 15 is 0 Å². The molecule has 0 aliphatic rings. The van der Waals surface area contributed by atoms with Crippen molar-refractivity contribution in [1.82, 2.24) is 5.32 Å². The van der Waals surface area contributed by atoms with Gasteiger partial charge in [-0.25, -0.2) is 4.79 Å². The third kappa shape index (κ3) is 5.86. The van der Waals surface area contributed by atoms with Crippen LogP contribution in [-0.4, -0.2) is 25.8 Å². The number of hydrogen-bond donors (Lipinski definition) is 2. The fraction of sp³-hybridized carbons (Fsp3) is 0.333. The topological polar surface area (TPSA) is 53.5 Å². The molecule has 0 saturated heterocycles. The zero-order valence-electron chi connectivity index (χ0n) is 11.7. The monoisotopic (exact) mass is 259 g/mol. The molecule has 0 atom stereocenters. The number of amides is 2. The van der Waals surface area contributed by atoms with Crippen LogP contribution in [0.1, 0.15) is 18.9 Å². The molecule has 1 aromatic rings. The van der Waals surface area contributed by atoms with Crippen molar-refractivity contribution in [3.63, 3.8) is 0 Å². The summed E-state index contributed by atoms with van der Waals surface area (Å²) in [6.07, 6.45) is 4.72. The van der Waals surface area contributed by atoms with E-state index in [1.807, 2.05) is 37.3 Å². The molecule has 0 radical (unpaired) electrons. The van der Waals surface area contributed by atoms with Gasteiger partial charge in [-0.1, -0.05) is 30.7 Å². The molecule has 0 aliphatic heterocycles. The van der Waals surface area contributed by atoms with Crippen molar-refractivity contribution in [1.29, 1.82) is 0 Å². The highest BCUT2D eigenvalue weighted by Gasteiger charge is 2.01. The normalized spacial score (nSPS) is 11.6. The molecule has 19 heavy (non-hydrogen) atoms. The van der Waals surface area contributed by atoms with Crippen LogP contribution in [0.3, 0.4) is 0 Å². The van der Waals surface area contributed by atoms with Crippen LogP contribution < -0.4 is 10.6 Å². The van der Waals surface area contributed by atoms with E-state index in [0.29, 0.717) is 6.54 Å². The molecule has 0 heterocycles. The SMILES string of the molecule is CC/C=C(\C=NC)CNC(=O)Nc1ccc(C)cc1. The maximum atomic E-state index is 11.7. The minimum absolute atomic E-state index is 0.213. The van der Waals surface area contributed by atoms with Crippen LogP contribution in [0.5, 0.6) is 0 Å². The van der Waals surface area contributed by atoms with Crippen LogP contribution in [0, 0.1) is 6.92 Å². The number of carbonyl (C=O) groups is 1. The predicted molar refractivity (Wildman–Crippen MR) is 81.0 cm³/mol. The fourth-order valence-corrected chi connectivity index (χ4v) is 1.59. The molecular weight excluding hydrogens is 238 g/mol. The van der Waals surface area contributed by atoms with Crippen molar-refractivity contribution in [2.45, 2.75) is 20.3 Å². The van der Waals surface area contributed by atoms with Gasteiger partial charge in [-0.05, 0) is 31.1 Å². The average Bonchev–Trinajstić information content (AvgIpc) is 2.39. The lowest BCUT2D eigenvalue weighted by molar-refractivity contribution is 0.253. The first-order valence-corrected chi connectivity index (χ1v) is 6.38. The van der Waals surface area contributed by atoms with E-state index < -0.39 is 0 Å². The molecule has 4 heteroatoms. The molecule has 2 N–H and O–H groups in total. The smallest absolute Gasteiger partial charge is 0.319 e. The number of hydrogen-bond acceptors (Lipinski definition) is 2. The van der Waals surface area contributed by atoms with E-state index in [4.69, 9.17) is 0 Å². The van der Waals surface area contributed by atoms with Crippen molar-refractivity contribution < 1.29 is 4.79 Å². The number of allylic oxidation sites excluding steroid dienone is 1. The summed E-state index contributed by atoms with van der Waals surface area (Å²) in [7, 11) is 1.72. The first-order valence-electron chi connectivity index (χ1n) is 6.38.